The van der Waals surface area contributed by atoms with Crippen molar-refractivity contribution in [2.45, 2.75) is 25.7 Å². The molecule has 3 aromatic rings. The molecule has 6 heteroatoms. The van der Waals surface area contributed by atoms with E-state index in [1.54, 1.807) is 24.7 Å². The van der Waals surface area contributed by atoms with Crippen LogP contribution in [0.15, 0.2) is 61.1 Å². The van der Waals surface area contributed by atoms with E-state index in [9.17, 15) is 4.79 Å². The van der Waals surface area contributed by atoms with Crippen LogP contribution in [0.25, 0.3) is 0 Å². The van der Waals surface area contributed by atoms with Crippen molar-refractivity contribution in [3.63, 3.8) is 0 Å². The molecular weight excluding hydrogens is 352 g/mol. The number of hydrogen-bond donors (Lipinski definition) is 0. The molecule has 142 valence electrons. The number of aryl methyl sites for hydroxylation is 1. The predicted molar refractivity (Wildman–Crippen MR) is 105 cm³/mol. The summed E-state index contributed by atoms with van der Waals surface area (Å²) >= 11 is 0. The van der Waals surface area contributed by atoms with E-state index < -0.39 is 0 Å². The number of ether oxygens (including phenoxy) is 1. The zero-order chi connectivity index (χ0) is 19.3. The maximum atomic E-state index is 12.8. The molecule has 1 aliphatic heterocycles. The van der Waals surface area contributed by atoms with Crippen LogP contribution in [0.4, 0.5) is 0 Å². The van der Waals surface area contributed by atoms with Crippen LogP contribution in [0.3, 0.4) is 0 Å². The minimum atomic E-state index is -0.0461. The van der Waals surface area contributed by atoms with Gasteiger partial charge in [0.05, 0.1) is 0 Å². The number of pyridine rings is 1. The fourth-order valence-corrected chi connectivity index (χ4v) is 3.45. The summed E-state index contributed by atoms with van der Waals surface area (Å²) in [6, 6.07) is 13.2. The van der Waals surface area contributed by atoms with Crippen molar-refractivity contribution in [3.05, 3.63) is 78.0 Å². The second kappa shape index (κ2) is 8.17. The SMILES string of the molecule is Cc1ccc(Oc2nccnc2C2CCCN(C(=O)c3ccccn3)C2)cc1. The van der Waals surface area contributed by atoms with Crippen LogP contribution in [-0.4, -0.2) is 38.8 Å². The first-order chi connectivity index (χ1) is 13.7. The van der Waals surface area contributed by atoms with Crippen molar-refractivity contribution in [2.75, 3.05) is 13.1 Å². The predicted octanol–water partition coefficient (Wildman–Crippen LogP) is 3.99. The minimum Gasteiger partial charge on any atom is -0.437 e. The Hall–Kier alpha value is -3.28. The van der Waals surface area contributed by atoms with Crippen molar-refractivity contribution in [1.29, 1.82) is 0 Å². The van der Waals surface area contributed by atoms with Gasteiger partial charge in [-0.25, -0.2) is 4.98 Å². The average molecular weight is 374 g/mol. The lowest BCUT2D eigenvalue weighted by atomic mass is 9.94. The number of amides is 1. The van der Waals surface area contributed by atoms with Gasteiger partial charge in [0.1, 0.15) is 17.1 Å². The van der Waals surface area contributed by atoms with E-state index >= 15 is 0 Å². The summed E-state index contributed by atoms with van der Waals surface area (Å²) in [5.74, 6) is 1.26. The highest BCUT2D eigenvalue weighted by Gasteiger charge is 2.29. The molecule has 3 heterocycles. The Morgan fingerprint density at radius 2 is 1.86 bits per heavy atom. The number of piperidine rings is 1. The van der Waals surface area contributed by atoms with Gasteiger partial charge in [0.2, 0.25) is 5.88 Å². The number of likely N-dealkylation sites (tertiary alicyclic amines) is 1. The number of hydrogen-bond acceptors (Lipinski definition) is 5. The second-order valence-corrected chi connectivity index (χ2v) is 6.97. The molecule has 1 aliphatic rings. The van der Waals surface area contributed by atoms with Gasteiger partial charge in [-0.15, -0.1) is 0 Å². The Morgan fingerprint density at radius 3 is 2.64 bits per heavy atom. The molecule has 2 aromatic heterocycles. The van der Waals surface area contributed by atoms with Gasteiger partial charge < -0.3 is 9.64 Å². The zero-order valence-electron chi connectivity index (χ0n) is 15.8. The summed E-state index contributed by atoms with van der Waals surface area (Å²) in [7, 11) is 0. The fourth-order valence-electron chi connectivity index (χ4n) is 3.45. The molecule has 0 spiro atoms. The highest BCUT2D eigenvalue weighted by atomic mass is 16.5. The smallest absolute Gasteiger partial charge is 0.272 e. The monoisotopic (exact) mass is 374 g/mol. The Labute approximate surface area is 164 Å². The third-order valence-corrected chi connectivity index (χ3v) is 4.91. The van der Waals surface area contributed by atoms with Crippen molar-refractivity contribution >= 4 is 5.91 Å². The zero-order valence-corrected chi connectivity index (χ0v) is 15.8. The molecule has 0 bridgehead atoms. The maximum Gasteiger partial charge on any atom is 0.272 e. The van der Waals surface area contributed by atoms with E-state index in [1.807, 2.05) is 48.2 Å². The standard InChI is InChI=1S/C22H22N4O2/c1-16-7-9-18(10-8-16)28-21-20(24-12-13-25-21)17-5-4-14-26(15-17)22(27)19-6-2-3-11-23-19/h2-3,6-13,17H,4-5,14-15H2,1H3. The summed E-state index contributed by atoms with van der Waals surface area (Å²) < 4.78 is 6.01. The largest absolute Gasteiger partial charge is 0.437 e. The molecule has 1 amide bonds. The molecule has 1 atom stereocenters. The Morgan fingerprint density at radius 1 is 1.04 bits per heavy atom. The Bertz CT molecular complexity index is 944. The number of nitrogens with zero attached hydrogens (tertiary/aromatic N) is 4. The van der Waals surface area contributed by atoms with E-state index in [2.05, 4.69) is 15.0 Å². The first-order valence-corrected chi connectivity index (χ1v) is 9.46. The lowest BCUT2D eigenvalue weighted by Gasteiger charge is -2.32. The van der Waals surface area contributed by atoms with Gasteiger partial charge in [-0.3, -0.25) is 14.8 Å². The molecule has 1 saturated heterocycles. The average Bonchev–Trinajstić information content (AvgIpc) is 2.76. The molecule has 0 N–H and O–H groups in total. The lowest BCUT2D eigenvalue weighted by Crippen LogP contribution is -2.39. The second-order valence-electron chi connectivity index (χ2n) is 6.97. The van der Waals surface area contributed by atoms with Crippen LogP contribution in [0.1, 0.15) is 40.5 Å². The van der Waals surface area contributed by atoms with Crippen molar-refractivity contribution in [2.24, 2.45) is 0 Å². The van der Waals surface area contributed by atoms with Crippen LogP contribution in [-0.2, 0) is 0 Å². The molecule has 28 heavy (non-hydrogen) atoms. The van der Waals surface area contributed by atoms with E-state index in [0.29, 0.717) is 18.1 Å². The van der Waals surface area contributed by atoms with Crippen molar-refractivity contribution in [1.82, 2.24) is 19.9 Å². The molecule has 1 fully saturated rings. The number of benzene rings is 1. The quantitative estimate of drug-likeness (QED) is 0.691. The van der Waals surface area contributed by atoms with Gasteiger partial charge in [0, 0.05) is 37.6 Å². The molecular formula is C22H22N4O2. The fraction of sp³-hybridized carbons (Fsp3) is 0.273. The van der Waals surface area contributed by atoms with E-state index in [-0.39, 0.29) is 11.8 Å². The van der Waals surface area contributed by atoms with E-state index in [0.717, 1.165) is 30.8 Å². The number of carbonyl (C=O) groups excluding carboxylic acids is 1. The van der Waals surface area contributed by atoms with Crippen LogP contribution in [0.2, 0.25) is 0 Å². The molecule has 4 rings (SSSR count). The van der Waals surface area contributed by atoms with Crippen LogP contribution < -0.4 is 4.74 Å². The summed E-state index contributed by atoms with van der Waals surface area (Å²) in [6.45, 7) is 3.34. The third-order valence-electron chi connectivity index (χ3n) is 4.91. The van der Waals surface area contributed by atoms with Gasteiger partial charge in [-0.2, -0.15) is 0 Å². The van der Waals surface area contributed by atoms with Gasteiger partial charge in [0.25, 0.3) is 5.91 Å². The highest BCUT2D eigenvalue weighted by Crippen LogP contribution is 2.33. The van der Waals surface area contributed by atoms with Crippen LogP contribution in [0, 0.1) is 6.92 Å². The molecule has 1 aromatic carbocycles. The van der Waals surface area contributed by atoms with E-state index in [4.69, 9.17) is 4.74 Å². The lowest BCUT2D eigenvalue weighted by molar-refractivity contribution is 0.0699. The first kappa shape index (κ1) is 18.1. The van der Waals surface area contributed by atoms with Gasteiger partial charge in [0.15, 0.2) is 0 Å². The van der Waals surface area contributed by atoms with Crippen molar-refractivity contribution in [3.8, 4) is 11.6 Å². The molecule has 0 saturated carbocycles. The summed E-state index contributed by atoms with van der Waals surface area (Å²) in [6.07, 6.45) is 6.80. The van der Waals surface area contributed by atoms with E-state index in [1.165, 1.54) is 5.56 Å². The van der Waals surface area contributed by atoms with Gasteiger partial charge in [-0.05, 0) is 44.0 Å². The number of carbonyl (C=O) groups is 1. The van der Waals surface area contributed by atoms with Crippen LogP contribution >= 0.6 is 0 Å². The van der Waals surface area contributed by atoms with Gasteiger partial charge >= 0.3 is 0 Å². The number of aromatic nitrogens is 3. The maximum absolute atomic E-state index is 12.8. The Balaban J connectivity index is 1.54. The highest BCUT2D eigenvalue weighted by molar-refractivity contribution is 5.92. The van der Waals surface area contributed by atoms with Crippen molar-refractivity contribution < 1.29 is 9.53 Å². The summed E-state index contributed by atoms with van der Waals surface area (Å²) in [5, 5.41) is 0. The third kappa shape index (κ3) is 4.01. The molecule has 0 radical (unpaired) electrons. The van der Waals surface area contributed by atoms with Gasteiger partial charge in [-0.1, -0.05) is 23.8 Å². The number of rotatable bonds is 4. The molecule has 6 nitrogen and oxygen atoms in total. The summed E-state index contributed by atoms with van der Waals surface area (Å²) in [4.78, 5) is 27.8. The summed E-state index contributed by atoms with van der Waals surface area (Å²) in [5.41, 5.74) is 2.43. The normalized spacial score (nSPS) is 16.6. The Kier molecular flexibility index (Phi) is 5.28. The topological polar surface area (TPSA) is 68.2 Å². The van der Waals surface area contributed by atoms with Crippen LogP contribution in [0.5, 0.6) is 11.6 Å². The molecule has 1 unspecified atom stereocenters. The first-order valence-electron chi connectivity index (χ1n) is 9.46. The minimum absolute atomic E-state index is 0.0461. The molecule has 0 aliphatic carbocycles.